The van der Waals surface area contributed by atoms with Gasteiger partial charge in [0.05, 0.1) is 50.1 Å². The van der Waals surface area contributed by atoms with E-state index in [1.165, 1.54) is 20.5 Å². The molecule has 1 aliphatic heterocycles. The van der Waals surface area contributed by atoms with Crippen LogP contribution in [0.25, 0.3) is 10.8 Å². The van der Waals surface area contributed by atoms with Gasteiger partial charge in [0.2, 0.25) is 0 Å². The van der Waals surface area contributed by atoms with E-state index in [1.54, 1.807) is 48.7 Å². The van der Waals surface area contributed by atoms with Crippen molar-refractivity contribution in [3.05, 3.63) is 96.2 Å². The number of carbonyl (C=O) groups is 2. The second-order valence-electron chi connectivity index (χ2n) is 15.8. The van der Waals surface area contributed by atoms with E-state index in [0.717, 1.165) is 29.4 Å². The molecule has 5 aromatic rings. The first-order valence-corrected chi connectivity index (χ1v) is 20.8. The van der Waals surface area contributed by atoms with Crippen LogP contribution in [0.1, 0.15) is 50.5 Å². The number of methoxy groups -OCH3 is 2. The van der Waals surface area contributed by atoms with Gasteiger partial charge in [0.25, 0.3) is 5.91 Å². The summed E-state index contributed by atoms with van der Waals surface area (Å²) in [7, 11) is 1.67. The summed E-state index contributed by atoms with van der Waals surface area (Å²) < 4.78 is 38.3. The minimum Gasteiger partial charge on any atom is -0.496 e. The summed E-state index contributed by atoms with van der Waals surface area (Å²) in [4.78, 5) is 33.5. The van der Waals surface area contributed by atoms with Crippen molar-refractivity contribution in [3.63, 3.8) is 0 Å². The molecule has 2 heterocycles. The zero-order chi connectivity index (χ0) is 42.3. The largest absolute Gasteiger partial charge is 0.496 e. The van der Waals surface area contributed by atoms with Crippen LogP contribution in [-0.2, 0) is 21.1 Å². The van der Waals surface area contributed by atoms with Crippen molar-refractivity contribution < 1.29 is 32.7 Å². The number of benzene rings is 4. The molecule has 5 N–H and O–H groups in total. The monoisotopic (exact) mass is 823 g/mol. The fourth-order valence-electron chi connectivity index (χ4n) is 6.83. The quantitative estimate of drug-likeness (QED) is 0.0737. The molecule has 15 heteroatoms. The van der Waals surface area contributed by atoms with Crippen LogP contribution in [0.4, 0.5) is 33.4 Å². The second kappa shape index (κ2) is 18.4. The Kier molecular flexibility index (Phi) is 13.3. The van der Waals surface area contributed by atoms with Crippen molar-refractivity contribution in [1.29, 1.82) is 0 Å². The van der Waals surface area contributed by atoms with E-state index in [4.69, 9.17) is 18.9 Å². The number of nitrogens with one attached hydrogen (secondary N) is 5. The molecule has 0 saturated carbocycles. The highest BCUT2D eigenvalue weighted by molar-refractivity contribution is 7.85. The van der Waals surface area contributed by atoms with Crippen molar-refractivity contribution in [1.82, 2.24) is 15.2 Å². The van der Waals surface area contributed by atoms with Crippen molar-refractivity contribution in [2.24, 2.45) is 0 Å². The number of fused-ring (bicyclic) bond motifs is 1. The maximum Gasteiger partial charge on any atom is 0.323 e. The number of carbonyl (C=O) groups excluding carboxylic acids is 2. The number of morpholine rings is 1. The lowest BCUT2D eigenvalue weighted by Gasteiger charge is -2.42. The van der Waals surface area contributed by atoms with Gasteiger partial charge in [-0.25, -0.2) is 14.0 Å². The van der Waals surface area contributed by atoms with Crippen LogP contribution < -0.4 is 40.2 Å². The third-order valence-electron chi connectivity index (χ3n) is 9.96. The van der Waals surface area contributed by atoms with Gasteiger partial charge in [0.15, 0.2) is 5.75 Å². The number of pyridine rings is 1. The van der Waals surface area contributed by atoms with E-state index in [1.807, 2.05) is 36.4 Å². The third kappa shape index (κ3) is 10.6. The number of ether oxygens (including phenoxy) is 4. The van der Waals surface area contributed by atoms with Crippen molar-refractivity contribution >= 4 is 62.3 Å². The summed E-state index contributed by atoms with van der Waals surface area (Å²) in [5.74, 6) is 2.19. The third-order valence-corrected chi connectivity index (χ3v) is 10.5. The van der Waals surface area contributed by atoms with Gasteiger partial charge in [-0.1, -0.05) is 45.0 Å². The van der Waals surface area contributed by atoms with Crippen LogP contribution in [0.5, 0.6) is 23.0 Å². The molecular formula is C44H53N7O7S. The maximum absolute atomic E-state index is 13.5. The van der Waals surface area contributed by atoms with Crippen LogP contribution in [0.3, 0.4) is 0 Å². The molecule has 59 heavy (non-hydrogen) atoms. The Morgan fingerprint density at radius 3 is 2.36 bits per heavy atom. The van der Waals surface area contributed by atoms with Gasteiger partial charge in [-0.15, -0.1) is 0 Å². The van der Waals surface area contributed by atoms with E-state index >= 15 is 0 Å². The highest BCUT2D eigenvalue weighted by atomic mass is 32.2. The zero-order valence-corrected chi connectivity index (χ0v) is 35.6. The van der Waals surface area contributed by atoms with Crippen LogP contribution in [-0.4, -0.2) is 84.9 Å². The van der Waals surface area contributed by atoms with Crippen LogP contribution in [0.15, 0.2) is 85.1 Å². The SMILES string of the molecule is COc1cc(Nc2cc(Oc3ccc(NC(=O)Nc4cc(C(C)(C)C)cc(NS(C)=O)c4OC)c4ccccc34)ccn2)ccc1C(=O)NCCN1CCOCC1(C)C. The standard InChI is InChI=1S/C44H53N7O7S/c1-43(2,3)28-23-35(40(56-7)36(24-28)50-59(8)54)49-42(53)48-34-15-16-37(32-12-10-9-11-31(32)34)58-30-17-18-45-39(26-30)47-29-13-14-33(38(25-29)55-6)41(52)46-19-20-51-21-22-57-27-44(51,4)5/h9-18,23-26,50H,19-22,27H2,1-8H3,(H,45,47)(H,46,52)(H2,48,49,53). The summed E-state index contributed by atoms with van der Waals surface area (Å²) in [5.41, 5.74) is 3.17. The van der Waals surface area contributed by atoms with E-state index < -0.39 is 17.0 Å². The van der Waals surface area contributed by atoms with E-state index in [0.29, 0.717) is 76.9 Å². The van der Waals surface area contributed by atoms with E-state index in [9.17, 15) is 13.8 Å². The van der Waals surface area contributed by atoms with Crippen LogP contribution >= 0.6 is 0 Å². The molecule has 0 bridgehead atoms. The van der Waals surface area contributed by atoms with Gasteiger partial charge >= 0.3 is 6.03 Å². The van der Waals surface area contributed by atoms with Gasteiger partial charge in [-0.2, -0.15) is 0 Å². The Labute approximate surface area is 347 Å². The van der Waals surface area contributed by atoms with E-state index in [-0.39, 0.29) is 16.9 Å². The molecule has 0 radical (unpaired) electrons. The smallest absolute Gasteiger partial charge is 0.323 e. The summed E-state index contributed by atoms with van der Waals surface area (Å²) in [6.07, 6.45) is 3.17. The fraction of sp³-hybridized carbons (Fsp3) is 0.341. The Bertz CT molecular complexity index is 2350. The number of hydrogen-bond acceptors (Lipinski definition) is 10. The molecule has 1 fully saturated rings. The maximum atomic E-state index is 13.5. The Hall–Kier alpha value is -5.90. The number of amides is 3. The zero-order valence-electron chi connectivity index (χ0n) is 34.8. The first-order valence-electron chi connectivity index (χ1n) is 19.3. The highest BCUT2D eigenvalue weighted by Gasteiger charge is 2.30. The van der Waals surface area contributed by atoms with Gasteiger partial charge in [0.1, 0.15) is 34.1 Å². The molecular weight excluding hydrogens is 771 g/mol. The first kappa shape index (κ1) is 42.7. The van der Waals surface area contributed by atoms with Crippen molar-refractivity contribution in [2.45, 2.75) is 45.6 Å². The Morgan fingerprint density at radius 1 is 0.898 bits per heavy atom. The molecule has 1 saturated heterocycles. The predicted molar refractivity (Wildman–Crippen MR) is 235 cm³/mol. The molecule has 0 spiro atoms. The topological polar surface area (TPSA) is 164 Å². The Morgan fingerprint density at radius 2 is 1.64 bits per heavy atom. The lowest BCUT2D eigenvalue weighted by atomic mass is 9.86. The number of aromatic nitrogens is 1. The average molecular weight is 824 g/mol. The molecule has 312 valence electrons. The lowest BCUT2D eigenvalue weighted by Crippen LogP contribution is -2.54. The number of urea groups is 1. The molecule has 14 nitrogen and oxygen atoms in total. The van der Waals surface area contributed by atoms with Gasteiger partial charge in [-0.3, -0.25) is 9.69 Å². The van der Waals surface area contributed by atoms with Crippen LogP contribution in [0, 0.1) is 0 Å². The number of anilines is 5. The lowest BCUT2D eigenvalue weighted by molar-refractivity contribution is -0.0498. The summed E-state index contributed by atoms with van der Waals surface area (Å²) in [6.45, 7) is 13.8. The van der Waals surface area contributed by atoms with Crippen LogP contribution in [0.2, 0.25) is 0 Å². The molecule has 1 unspecified atom stereocenters. The minimum atomic E-state index is -1.36. The molecule has 3 amide bonds. The molecule has 1 aromatic heterocycles. The highest BCUT2D eigenvalue weighted by Crippen LogP contribution is 2.40. The number of nitrogens with zero attached hydrogens (tertiary/aromatic N) is 2. The Balaban J connectivity index is 1.14. The predicted octanol–water partition coefficient (Wildman–Crippen LogP) is 8.28. The molecule has 1 aliphatic rings. The average Bonchev–Trinajstić information content (AvgIpc) is 3.18. The van der Waals surface area contributed by atoms with Crippen molar-refractivity contribution in [2.75, 3.05) is 74.0 Å². The van der Waals surface area contributed by atoms with Gasteiger partial charge in [0, 0.05) is 66.2 Å². The normalized spacial score (nSPS) is 14.5. The van der Waals surface area contributed by atoms with Gasteiger partial charge in [-0.05, 0) is 67.3 Å². The molecule has 6 rings (SSSR count). The van der Waals surface area contributed by atoms with Crippen molar-refractivity contribution in [3.8, 4) is 23.0 Å². The summed E-state index contributed by atoms with van der Waals surface area (Å²) in [6, 6.07) is 23.2. The minimum absolute atomic E-state index is 0.0832. The number of hydrogen-bond donors (Lipinski definition) is 5. The fourth-order valence-corrected chi connectivity index (χ4v) is 7.29. The molecule has 1 atom stereocenters. The molecule has 0 aliphatic carbocycles. The summed E-state index contributed by atoms with van der Waals surface area (Å²) in [5, 5.41) is 13.7. The van der Waals surface area contributed by atoms with Gasteiger partial charge < -0.3 is 44.9 Å². The number of rotatable bonds is 14. The summed E-state index contributed by atoms with van der Waals surface area (Å²) >= 11 is 0. The second-order valence-corrected chi connectivity index (χ2v) is 16.9. The van der Waals surface area contributed by atoms with E-state index in [2.05, 4.69) is 70.5 Å². The first-order chi connectivity index (χ1) is 28.1. The molecule has 4 aromatic carbocycles.